The highest BCUT2D eigenvalue weighted by Gasteiger charge is 2.30. The number of guanidine groups is 1. The van der Waals surface area contributed by atoms with E-state index < -0.39 is 0 Å². The molecule has 0 saturated carbocycles. The highest BCUT2D eigenvalue weighted by Crippen LogP contribution is 2.28. The van der Waals surface area contributed by atoms with Crippen LogP contribution in [-0.4, -0.2) is 68.2 Å². The van der Waals surface area contributed by atoms with Crippen LogP contribution >= 0.6 is 22.9 Å². The zero-order valence-corrected chi connectivity index (χ0v) is 16.8. The van der Waals surface area contributed by atoms with Crippen LogP contribution in [0.2, 0.25) is 4.34 Å². The minimum absolute atomic E-state index is 0.195. The average molecular weight is 385 g/mol. The van der Waals surface area contributed by atoms with E-state index in [9.17, 15) is 0 Å². The van der Waals surface area contributed by atoms with Crippen molar-refractivity contribution < 1.29 is 4.74 Å². The molecule has 2 aliphatic heterocycles. The second kappa shape index (κ2) is 8.71. The Morgan fingerprint density at radius 1 is 1.36 bits per heavy atom. The van der Waals surface area contributed by atoms with Gasteiger partial charge in [-0.05, 0) is 25.5 Å². The number of ether oxygens (including phenoxy) is 1. The third kappa shape index (κ3) is 5.33. The van der Waals surface area contributed by atoms with Gasteiger partial charge in [-0.15, -0.1) is 11.3 Å². The molecule has 3 heterocycles. The first kappa shape index (κ1) is 19.0. The first-order valence-electron chi connectivity index (χ1n) is 9.15. The third-order valence-corrected chi connectivity index (χ3v) is 6.14. The average Bonchev–Trinajstić information content (AvgIpc) is 3.21. The minimum Gasteiger partial charge on any atom is -0.381 e. The fourth-order valence-electron chi connectivity index (χ4n) is 3.30. The summed E-state index contributed by atoms with van der Waals surface area (Å²) in [6.07, 6.45) is 1.10. The van der Waals surface area contributed by atoms with Gasteiger partial charge in [0.1, 0.15) is 0 Å². The van der Waals surface area contributed by atoms with Crippen molar-refractivity contribution in [2.45, 2.75) is 26.8 Å². The van der Waals surface area contributed by atoms with Gasteiger partial charge in [0.05, 0.1) is 17.5 Å². The van der Waals surface area contributed by atoms with Crippen LogP contribution < -0.4 is 5.32 Å². The quantitative estimate of drug-likeness (QED) is 0.626. The molecule has 1 aromatic heterocycles. The predicted octanol–water partition coefficient (Wildman–Crippen LogP) is 2.91. The second-order valence-corrected chi connectivity index (χ2v) is 9.05. The van der Waals surface area contributed by atoms with Crippen molar-refractivity contribution >= 4 is 28.9 Å². The van der Waals surface area contributed by atoms with E-state index in [0.29, 0.717) is 0 Å². The van der Waals surface area contributed by atoms with Crippen LogP contribution in [0.5, 0.6) is 0 Å². The van der Waals surface area contributed by atoms with Gasteiger partial charge in [0.2, 0.25) is 0 Å². The number of halogens is 1. The first-order chi connectivity index (χ1) is 12.1. The van der Waals surface area contributed by atoms with Crippen molar-refractivity contribution in [2.24, 2.45) is 10.4 Å². The molecule has 7 heteroatoms. The summed E-state index contributed by atoms with van der Waals surface area (Å²) in [6.45, 7) is 13.0. The van der Waals surface area contributed by atoms with E-state index in [2.05, 4.69) is 35.0 Å². The molecule has 0 radical (unpaired) electrons. The molecule has 0 amide bonds. The van der Waals surface area contributed by atoms with Gasteiger partial charge in [-0.1, -0.05) is 18.5 Å². The van der Waals surface area contributed by atoms with Crippen LogP contribution in [0.25, 0.3) is 0 Å². The molecule has 0 bridgehead atoms. The Bertz CT molecular complexity index is 577. The summed E-state index contributed by atoms with van der Waals surface area (Å²) < 4.78 is 6.43. The Morgan fingerprint density at radius 3 is 2.76 bits per heavy atom. The Balaban J connectivity index is 1.53. The highest BCUT2D eigenvalue weighted by molar-refractivity contribution is 7.16. The van der Waals surface area contributed by atoms with Crippen LogP contribution in [0.1, 0.15) is 25.1 Å². The van der Waals surface area contributed by atoms with Crippen LogP contribution in [0, 0.1) is 5.41 Å². The summed E-state index contributed by atoms with van der Waals surface area (Å²) in [5.41, 5.74) is 0.195. The Labute approximate surface area is 160 Å². The molecule has 1 unspecified atom stereocenters. The molecule has 1 aromatic rings. The predicted molar refractivity (Wildman–Crippen MR) is 106 cm³/mol. The molecule has 0 aliphatic carbocycles. The van der Waals surface area contributed by atoms with Crippen LogP contribution in [-0.2, 0) is 11.3 Å². The number of hydrogen-bond donors (Lipinski definition) is 1. The summed E-state index contributed by atoms with van der Waals surface area (Å²) in [5, 5.41) is 3.46. The van der Waals surface area contributed by atoms with Crippen molar-refractivity contribution in [2.75, 3.05) is 52.5 Å². The van der Waals surface area contributed by atoms with Gasteiger partial charge < -0.3 is 15.0 Å². The monoisotopic (exact) mass is 384 g/mol. The molecule has 25 heavy (non-hydrogen) atoms. The first-order valence-corrected chi connectivity index (χ1v) is 10.3. The van der Waals surface area contributed by atoms with E-state index in [1.807, 2.05) is 6.07 Å². The third-order valence-electron chi connectivity index (χ3n) is 4.93. The molecule has 1 atom stereocenters. The molecule has 5 nitrogen and oxygen atoms in total. The molecular weight excluding hydrogens is 356 g/mol. The van der Waals surface area contributed by atoms with Crippen LogP contribution in [0.4, 0.5) is 0 Å². The van der Waals surface area contributed by atoms with E-state index in [4.69, 9.17) is 21.3 Å². The maximum atomic E-state index is 6.04. The van der Waals surface area contributed by atoms with Crippen molar-refractivity contribution in [1.29, 1.82) is 0 Å². The van der Waals surface area contributed by atoms with Gasteiger partial charge >= 0.3 is 0 Å². The molecule has 2 saturated heterocycles. The van der Waals surface area contributed by atoms with Crippen molar-refractivity contribution in [3.05, 3.63) is 21.3 Å². The van der Waals surface area contributed by atoms with E-state index in [-0.39, 0.29) is 5.41 Å². The highest BCUT2D eigenvalue weighted by atomic mass is 35.5. The zero-order chi connectivity index (χ0) is 17.7. The number of hydrogen-bond acceptors (Lipinski definition) is 4. The van der Waals surface area contributed by atoms with Crippen molar-refractivity contribution in [3.63, 3.8) is 0 Å². The number of piperazine rings is 1. The Hall–Kier alpha value is -0.820. The van der Waals surface area contributed by atoms with Gasteiger partial charge in [-0.25, -0.2) is 0 Å². The number of rotatable bonds is 5. The number of thiophene rings is 1. The van der Waals surface area contributed by atoms with Crippen LogP contribution in [0.15, 0.2) is 17.1 Å². The Kier molecular flexibility index (Phi) is 6.61. The normalized spacial score (nSPS) is 25.6. The molecular formula is C18H29ClN4OS. The smallest absolute Gasteiger partial charge is 0.194 e. The summed E-state index contributed by atoms with van der Waals surface area (Å²) in [7, 11) is 0. The number of nitrogens with zero attached hydrogens (tertiary/aromatic N) is 3. The molecule has 2 fully saturated rings. The summed E-state index contributed by atoms with van der Waals surface area (Å²) in [4.78, 5) is 11.1. The van der Waals surface area contributed by atoms with Crippen molar-refractivity contribution in [1.82, 2.24) is 15.1 Å². The number of nitrogens with one attached hydrogen (secondary N) is 1. The molecule has 2 aliphatic rings. The fourth-order valence-corrected chi connectivity index (χ4v) is 4.43. The lowest BCUT2D eigenvalue weighted by molar-refractivity contribution is 0.161. The fraction of sp³-hybridized carbons (Fsp3) is 0.722. The van der Waals surface area contributed by atoms with Gasteiger partial charge in [-0.2, -0.15) is 0 Å². The molecule has 1 N–H and O–H groups in total. The van der Waals surface area contributed by atoms with E-state index in [1.54, 1.807) is 11.3 Å². The topological polar surface area (TPSA) is 40.1 Å². The molecule has 3 rings (SSSR count). The molecule has 0 aromatic carbocycles. The lowest BCUT2D eigenvalue weighted by Gasteiger charge is -2.36. The molecule has 140 valence electrons. The van der Waals surface area contributed by atoms with Gasteiger partial charge in [0.15, 0.2) is 5.96 Å². The summed E-state index contributed by atoms with van der Waals surface area (Å²) >= 11 is 7.72. The Morgan fingerprint density at radius 2 is 2.16 bits per heavy atom. The summed E-state index contributed by atoms with van der Waals surface area (Å²) in [6, 6.07) is 4.12. The van der Waals surface area contributed by atoms with Gasteiger partial charge in [0.25, 0.3) is 0 Å². The SMILES string of the molecule is CCNC(=NCC1(C)CCOC1)N1CCN(Cc2ccc(Cl)s2)CC1. The zero-order valence-electron chi connectivity index (χ0n) is 15.3. The second-order valence-electron chi connectivity index (χ2n) is 7.25. The largest absolute Gasteiger partial charge is 0.381 e. The van der Waals surface area contributed by atoms with E-state index in [1.165, 1.54) is 4.88 Å². The number of aliphatic imine (C=N–C) groups is 1. The van der Waals surface area contributed by atoms with Gasteiger partial charge in [-0.3, -0.25) is 9.89 Å². The minimum atomic E-state index is 0.195. The van der Waals surface area contributed by atoms with Crippen LogP contribution in [0.3, 0.4) is 0 Å². The maximum absolute atomic E-state index is 6.04. The lowest BCUT2D eigenvalue weighted by atomic mass is 9.90. The maximum Gasteiger partial charge on any atom is 0.194 e. The lowest BCUT2D eigenvalue weighted by Crippen LogP contribution is -2.52. The van der Waals surface area contributed by atoms with E-state index >= 15 is 0 Å². The summed E-state index contributed by atoms with van der Waals surface area (Å²) in [5.74, 6) is 1.05. The van der Waals surface area contributed by atoms with Gasteiger partial charge in [0, 0.05) is 56.2 Å². The van der Waals surface area contributed by atoms with Crippen molar-refractivity contribution in [3.8, 4) is 0 Å². The van der Waals surface area contributed by atoms with E-state index in [0.717, 1.165) is 75.7 Å². The molecule has 0 spiro atoms. The standard InChI is InChI=1S/C18H29ClN4OS/c1-3-20-17(21-13-18(2)6-11-24-14-18)23-9-7-22(8-10-23)12-15-4-5-16(19)25-15/h4-5H,3,6-14H2,1-2H3,(H,20,21).